The van der Waals surface area contributed by atoms with Gasteiger partial charge in [-0.05, 0) is 18.6 Å². The SMILES string of the molecule is CC[C@@]1(CO)COc2cc(OC)ccc2C1=O. The third-order valence-electron chi connectivity index (χ3n) is 3.40. The summed E-state index contributed by atoms with van der Waals surface area (Å²) >= 11 is 0. The average molecular weight is 236 g/mol. The number of fused-ring (bicyclic) bond motifs is 1. The summed E-state index contributed by atoms with van der Waals surface area (Å²) in [4.78, 5) is 12.3. The first-order chi connectivity index (χ1) is 8.16. The van der Waals surface area contributed by atoms with Gasteiger partial charge in [0.25, 0.3) is 0 Å². The molecule has 0 bridgehead atoms. The van der Waals surface area contributed by atoms with Gasteiger partial charge in [-0.1, -0.05) is 6.92 Å². The number of rotatable bonds is 3. The molecule has 0 radical (unpaired) electrons. The minimum Gasteiger partial charge on any atom is -0.497 e. The van der Waals surface area contributed by atoms with Crippen molar-refractivity contribution in [3.8, 4) is 11.5 Å². The Morgan fingerprint density at radius 3 is 2.88 bits per heavy atom. The number of hydrogen-bond acceptors (Lipinski definition) is 4. The second-order valence-electron chi connectivity index (χ2n) is 4.27. The van der Waals surface area contributed by atoms with E-state index < -0.39 is 5.41 Å². The maximum absolute atomic E-state index is 12.3. The predicted molar refractivity (Wildman–Crippen MR) is 62.6 cm³/mol. The highest BCUT2D eigenvalue weighted by molar-refractivity contribution is 6.04. The summed E-state index contributed by atoms with van der Waals surface area (Å²) in [5.41, 5.74) is -0.269. The van der Waals surface area contributed by atoms with Crippen molar-refractivity contribution in [3.63, 3.8) is 0 Å². The first kappa shape index (κ1) is 11.9. The molecular weight excluding hydrogens is 220 g/mol. The Kier molecular flexibility index (Phi) is 3.07. The molecular formula is C13H16O4. The summed E-state index contributed by atoms with van der Waals surface area (Å²) in [7, 11) is 1.57. The van der Waals surface area contributed by atoms with Gasteiger partial charge in [0.2, 0.25) is 0 Å². The second kappa shape index (κ2) is 4.37. The Morgan fingerprint density at radius 2 is 2.29 bits per heavy atom. The monoisotopic (exact) mass is 236 g/mol. The van der Waals surface area contributed by atoms with E-state index in [1.807, 2.05) is 6.92 Å². The molecule has 0 saturated heterocycles. The third kappa shape index (κ3) is 1.78. The molecule has 92 valence electrons. The van der Waals surface area contributed by atoms with E-state index in [1.165, 1.54) is 0 Å². The van der Waals surface area contributed by atoms with Crippen molar-refractivity contribution < 1.29 is 19.4 Å². The number of ether oxygens (including phenoxy) is 2. The van der Waals surface area contributed by atoms with Crippen LogP contribution in [0.1, 0.15) is 23.7 Å². The van der Waals surface area contributed by atoms with Crippen LogP contribution >= 0.6 is 0 Å². The van der Waals surface area contributed by atoms with Gasteiger partial charge in [0.1, 0.15) is 18.1 Å². The van der Waals surface area contributed by atoms with Crippen molar-refractivity contribution in [1.29, 1.82) is 0 Å². The molecule has 1 aliphatic rings. The molecule has 0 amide bonds. The van der Waals surface area contributed by atoms with E-state index in [2.05, 4.69) is 0 Å². The van der Waals surface area contributed by atoms with E-state index in [9.17, 15) is 9.90 Å². The minimum absolute atomic E-state index is 0.0496. The first-order valence-electron chi connectivity index (χ1n) is 5.63. The Morgan fingerprint density at radius 1 is 1.53 bits per heavy atom. The summed E-state index contributed by atoms with van der Waals surface area (Å²) in [6.45, 7) is 1.92. The molecule has 1 heterocycles. The highest BCUT2D eigenvalue weighted by Gasteiger charge is 2.42. The van der Waals surface area contributed by atoms with Crippen molar-refractivity contribution in [2.45, 2.75) is 13.3 Å². The summed E-state index contributed by atoms with van der Waals surface area (Å²) < 4.78 is 10.7. The molecule has 17 heavy (non-hydrogen) atoms. The minimum atomic E-state index is -0.790. The fourth-order valence-corrected chi connectivity index (χ4v) is 2.00. The van der Waals surface area contributed by atoms with Gasteiger partial charge >= 0.3 is 0 Å². The summed E-state index contributed by atoms with van der Waals surface area (Å²) in [6.07, 6.45) is 0.563. The number of aliphatic hydroxyl groups is 1. The molecule has 2 rings (SSSR count). The molecule has 1 aliphatic heterocycles. The number of ketones is 1. The van der Waals surface area contributed by atoms with Gasteiger partial charge in [0.15, 0.2) is 5.78 Å². The molecule has 1 N–H and O–H groups in total. The Bertz CT molecular complexity index is 435. The Labute approximate surface area is 100 Å². The number of methoxy groups -OCH3 is 1. The normalized spacial score (nSPS) is 22.9. The van der Waals surface area contributed by atoms with Crippen molar-refractivity contribution in [1.82, 2.24) is 0 Å². The van der Waals surface area contributed by atoms with Crippen molar-refractivity contribution in [2.75, 3.05) is 20.3 Å². The fourth-order valence-electron chi connectivity index (χ4n) is 2.00. The molecule has 1 atom stereocenters. The maximum Gasteiger partial charge on any atom is 0.178 e. The zero-order chi connectivity index (χ0) is 12.5. The topological polar surface area (TPSA) is 55.8 Å². The van der Waals surface area contributed by atoms with Crippen LogP contribution in [0, 0.1) is 5.41 Å². The Balaban J connectivity index is 2.43. The predicted octanol–water partition coefficient (Wildman–Crippen LogP) is 1.66. The molecule has 0 aromatic heterocycles. The number of benzene rings is 1. The molecule has 0 saturated carbocycles. The first-order valence-corrected chi connectivity index (χ1v) is 5.63. The standard InChI is InChI=1S/C13H16O4/c1-3-13(7-14)8-17-11-6-9(16-2)4-5-10(11)12(13)15/h4-6,14H,3,7-8H2,1-2H3/t13-/m1/s1. The highest BCUT2D eigenvalue weighted by atomic mass is 16.5. The van der Waals surface area contributed by atoms with Crippen LogP contribution in [0.4, 0.5) is 0 Å². The molecule has 0 spiro atoms. The van der Waals surface area contributed by atoms with Crippen LogP contribution in [0.5, 0.6) is 11.5 Å². The van der Waals surface area contributed by atoms with Crippen LogP contribution in [0.15, 0.2) is 18.2 Å². The molecule has 1 aromatic carbocycles. The van der Waals surface area contributed by atoms with E-state index in [4.69, 9.17) is 9.47 Å². The number of Topliss-reactive ketones (excluding diaryl/α,β-unsaturated/α-hetero) is 1. The molecule has 4 nitrogen and oxygen atoms in total. The van der Waals surface area contributed by atoms with Crippen LogP contribution in [-0.2, 0) is 0 Å². The zero-order valence-corrected chi connectivity index (χ0v) is 10.0. The molecule has 4 heteroatoms. The Hall–Kier alpha value is -1.55. The number of aliphatic hydroxyl groups excluding tert-OH is 1. The quantitative estimate of drug-likeness (QED) is 0.867. The largest absolute Gasteiger partial charge is 0.497 e. The molecule has 0 unspecified atom stereocenters. The van der Waals surface area contributed by atoms with Crippen LogP contribution in [0.2, 0.25) is 0 Å². The van der Waals surface area contributed by atoms with Crippen molar-refractivity contribution in [2.24, 2.45) is 5.41 Å². The van der Waals surface area contributed by atoms with Gasteiger partial charge in [-0.15, -0.1) is 0 Å². The second-order valence-corrected chi connectivity index (χ2v) is 4.27. The highest BCUT2D eigenvalue weighted by Crippen LogP contribution is 2.38. The van der Waals surface area contributed by atoms with Gasteiger partial charge in [-0.25, -0.2) is 0 Å². The number of carbonyl (C=O) groups is 1. The molecule has 0 fully saturated rings. The smallest absolute Gasteiger partial charge is 0.178 e. The van der Waals surface area contributed by atoms with Crippen LogP contribution < -0.4 is 9.47 Å². The van der Waals surface area contributed by atoms with Crippen LogP contribution in [0.25, 0.3) is 0 Å². The van der Waals surface area contributed by atoms with E-state index in [0.29, 0.717) is 23.5 Å². The van der Waals surface area contributed by atoms with Gasteiger partial charge in [-0.3, -0.25) is 4.79 Å². The van der Waals surface area contributed by atoms with Crippen LogP contribution in [0.3, 0.4) is 0 Å². The average Bonchev–Trinajstić information content (AvgIpc) is 2.39. The van der Waals surface area contributed by atoms with Gasteiger partial charge in [-0.2, -0.15) is 0 Å². The van der Waals surface area contributed by atoms with Crippen molar-refractivity contribution in [3.05, 3.63) is 23.8 Å². The summed E-state index contributed by atoms with van der Waals surface area (Å²) in [5.74, 6) is 1.14. The van der Waals surface area contributed by atoms with Gasteiger partial charge in [0, 0.05) is 6.07 Å². The molecule has 1 aromatic rings. The maximum atomic E-state index is 12.3. The fraction of sp³-hybridized carbons (Fsp3) is 0.462. The molecule has 0 aliphatic carbocycles. The summed E-state index contributed by atoms with van der Waals surface area (Å²) in [6, 6.07) is 5.11. The van der Waals surface area contributed by atoms with Crippen LogP contribution in [-0.4, -0.2) is 31.2 Å². The lowest BCUT2D eigenvalue weighted by atomic mass is 9.77. The van der Waals surface area contributed by atoms with Gasteiger partial charge < -0.3 is 14.6 Å². The van der Waals surface area contributed by atoms with E-state index >= 15 is 0 Å². The third-order valence-corrected chi connectivity index (χ3v) is 3.40. The zero-order valence-electron chi connectivity index (χ0n) is 10.0. The lowest BCUT2D eigenvalue weighted by Crippen LogP contribution is -2.43. The summed E-state index contributed by atoms with van der Waals surface area (Å²) in [5, 5.41) is 9.41. The lowest BCUT2D eigenvalue weighted by molar-refractivity contribution is 0.0366. The number of carbonyl (C=O) groups excluding carboxylic acids is 1. The number of hydrogen-bond donors (Lipinski definition) is 1. The van der Waals surface area contributed by atoms with E-state index in [1.54, 1.807) is 25.3 Å². The van der Waals surface area contributed by atoms with E-state index in [-0.39, 0.29) is 19.0 Å². The lowest BCUT2D eigenvalue weighted by Gasteiger charge is -2.34. The van der Waals surface area contributed by atoms with Crippen molar-refractivity contribution >= 4 is 5.78 Å². The van der Waals surface area contributed by atoms with Gasteiger partial charge in [0.05, 0.1) is 24.7 Å². The van der Waals surface area contributed by atoms with E-state index in [0.717, 1.165) is 0 Å².